The second-order valence-electron chi connectivity index (χ2n) is 6.07. The minimum Gasteiger partial charge on any atom is -0.368 e. The number of nitrogens with zero attached hydrogens (tertiary/aromatic N) is 5. The fourth-order valence-electron chi connectivity index (χ4n) is 3.37. The van der Waals surface area contributed by atoms with Crippen molar-refractivity contribution in [1.29, 1.82) is 0 Å². The van der Waals surface area contributed by atoms with Gasteiger partial charge in [-0.15, -0.1) is 5.10 Å². The van der Waals surface area contributed by atoms with Gasteiger partial charge in [0.15, 0.2) is 0 Å². The zero-order valence-corrected chi connectivity index (χ0v) is 12.8. The number of carbonyl (C=O) groups is 1. The lowest BCUT2D eigenvalue weighted by Crippen LogP contribution is -2.50. The molecule has 0 saturated carbocycles. The van der Waals surface area contributed by atoms with Gasteiger partial charge in [-0.05, 0) is 30.5 Å². The third-order valence-electron chi connectivity index (χ3n) is 4.66. The van der Waals surface area contributed by atoms with Crippen LogP contribution in [0.2, 0.25) is 0 Å². The normalized spacial score (nSPS) is 23.2. The van der Waals surface area contributed by atoms with E-state index >= 15 is 0 Å². The van der Waals surface area contributed by atoms with Crippen LogP contribution < -0.4 is 0 Å². The Bertz CT molecular complexity index is 687. The highest BCUT2D eigenvalue weighted by atomic mass is 16.5. The zero-order valence-electron chi connectivity index (χ0n) is 12.8. The van der Waals surface area contributed by atoms with Gasteiger partial charge in [0.25, 0.3) is 0 Å². The Balaban J connectivity index is 1.36. The maximum Gasteiger partial charge on any atom is 0.222 e. The molecule has 0 aliphatic carbocycles. The van der Waals surface area contributed by atoms with E-state index in [1.165, 1.54) is 0 Å². The number of rotatable bonds is 3. The van der Waals surface area contributed by atoms with Gasteiger partial charge in [0.1, 0.15) is 0 Å². The van der Waals surface area contributed by atoms with E-state index in [2.05, 4.69) is 15.3 Å². The number of carbonyl (C=O) groups excluding carboxylic acids is 1. The molecule has 0 spiro atoms. The third kappa shape index (κ3) is 2.84. The van der Waals surface area contributed by atoms with Crippen LogP contribution in [0.25, 0.3) is 0 Å². The minimum absolute atomic E-state index is 0.0165. The zero-order chi connectivity index (χ0) is 15.6. The van der Waals surface area contributed by atoms with Gasteiger partial charge in [-0.3, -0.25) is 9.78 Å². The quantitative estimate of drug-likeness (QED) is 0.844. The largest absolute Gasteiger partial charge is 0.368 e. The number of fused-ring (bicyclic) bond motifs is 3. The SMILES string of the molecule is O=C(CCc1ccncc1)N1CC[C@H]2[C@H](C1)OCc1cnnn12. The Labute approximate surface area is 134 Å². The maximum atomic E-state index is 12.5. The number of hydrogen-bond donors (Lipinski definition) is 0. The van der Waals surface area contributed by atoms with Gasteiger partial charge in [0, 0.05) is 31.9 Å². The first-order chi connectivity index (χ1) is 11.3. The molecule has 1 fully saturated rings. The Morgan fingerprint density at radius 1 is 1.35 bits per heavy atom. The van der Waals surface area contributed by atoms with Crippen LogP contribution in [0.4, 0.5) is 0 Å². The van der Waals surface area contributed by atoms with Crippen LogP contribution in [-0.2, 0) is 22.6 Å². The molecular formula is C16H19N5O2. The number of likely N-dealkylation sites (tertiary alicyclic amines) is 1. The molecule has 120 valence electrons. The number of ether oxygens (including phenoxy) is 1. The van der Waals surface area contributed by atoms with E-state index in [0.29, 0.717) is 19.6 Å². The molecular weight excluding hydrogens is 294 g/mol. The summed E-state index contributed by atoms with van der Waals surface area (Å²) in [4.78, 5) is 18.4. The highest BCUT2D eigenvalue weighted by Gasteiger charge is 2.37. The van der Waals surface area contributed by atoms with Gasteiger partial charge in [0.2, 0.25) is 5.91 Å². The minimum atomic E-state index is 0.0165. The maximum absolute atomic E-state index is 12.5. The first kappa shape index (κ1) is 14.3. The van der Waals surface area contributed by atoms with Crippen LogP contribution in [0.3, 0.4) is 0 Å². The number of aryl methyl sites for hydroxylation is 1. The van der Waals surface area contributed by atoms with Crippen molar-refractivity contribution >= 4 is 5.91 Å². The van der Waals surface area contributed by atoms with Crippen LogP contribution in [0, 0.1) is 0 Å². The molecule has 0 unspecified atom stereocenters. The summed E-state index contributed by atoms with van der Waals surface area (Å²) in [7, 11) is 0. The Kier molecular flexibility index (Phi) is 3.78. The van der Waals surface area contributed by atoms with Gasteiger partial charge < -0.3 is 9.64 Å². The van der Waals surface area contributed by atoms with Crippen molar-refractivity contribution in [3.63, 3.8) is 0 Å². The molecule has 2 aliphatic heterocycles. The van der Waals surface area contributed by atoms with Crippen molar-refractivity contribution < 1.29 is 9.53 Å². The first-order valence-corrected chi connectivity index (χ1v) is 7.98. The van der Waals surface area contributed by atoms with Crippen molar-refractivity contribution in [2.24, 2.45) is 0 Å². The van der Waals surface area contributed by atoms with Gasteiger partial charge in [0.05, 0.1) is 30.6 Å². The van der Waals surface area contributed by atoms with E-state index in [1.54, 1.807) is 18.6 Å². The molecule has 1 saturated heterocycles. The topological polar surface area (TPSA) is 73.1 Å². The van der Waals surface area contributed by atoms with E-state index in [0.717, 1.165) is 30.6 Å². The van der Waals surface area contributed by atoms with Crippen LogP contribution in [0.5, 0.6) is 0 Å². The number of amides is 1. The second kappa shape index (κ2) is 6.08. The Morgan fingerprint density at radius 2 is 2.22 bits per heavy atom. The molecule has 2 atom stereocenters. The highest BCUT2D eigenvalue weighted by molar-refractivity contribution is 5.76. The van der Waals surface area contributed by atoms with E-state index in [4.69, 9.17) is 4.74 Å². The predicted octanol–water partition coefficient (Wildman–Crippen LogP) is 0.978. The lowest BCUT2D eigenvalue weighted by Gasteiger charge is -2.41. The predicted molar refractivity (Wildman–Crippen MR) is 81.4 cm³/mol. The molecule has 2 aromatic rings. The molecule has 0 radical (unpaired) electrons. The van der Waals surface area contributed by atoms with Crippen LogP contribution in [-0.4, -0.2) is 50.0 Å². The molecule has 23 heavy (non-hydrogen) atoms. The lowest BCUT2D eigenvalue weighted by molar-refractivity contribution is -0.139. The monoisotopic (exact) mass is 313 g/mol. The first-order valence-electron chi connectivity index (χ1n) is 7.98. The molecule has 4 heterocycles. The molecule has 4 rings (SSSR count). The third-order valence-corrected chi connectivity index (χ3v) is 4.66. The van der Waals surface area contributed by atoms with E-state index < -0.39 is 0 Å². The number of aromatic nitrogens is 4. The fraction of sp³-hybridized carbons (Fsp3) is 0.500. The van der Waals surface area contributed by atoms with E-state index in [-0.39, 0.29) is 18.1 Å². The smallest absolute Gasteiger partial charge is 0.222 e. The van der Waals surface area contributed by atoms with Crippen molar-refractivity contribution in [3.05, 3.63) is 42.0 Å². The fourth-order valence-corrected chi connectivity index (χ4v) is 3.37. The number of pyridine rings is 1. The van der Waals surface area contributed by atoms with Crippen molar-refractivity contribution in [1.82, 2.24) is 24.9 Å². The van der Waals surface area contributed by atoms with Gasteiger partial charge >= 0.3 is 0 Å². The molecule has 0 N–H and O–H groups in total. The molecule has 7 heteroatoms. The van der Waals surface area contributed by atoms with Gasteiger partial charge in [-0.25, -0.2) is 4.68 Å². The highest BCUT2D eigenvalue weighted by Crippen LogP contribution is 2.30. The van der Waals surface area contributed by atoms with Gasteiger partial charge in [-0.2, -0.15) is 0 Å². The van der Waals surface area contributed by atoms with E-state index in [9.17, 15) is 4.79 Å². The Hall–Kier alpha value is -2.28. The average molecular weight is 313 g/mol. The molecule has 0 bridgehead atoms. The molecule has 7 nitrogen and oxygen atoms in total. The summed E-state index contributed by atoms with van der Waals surface area (Å²) in [6.45, 7) is 1.91. The number of hydrogen-bond acceptors (Lipinski definition) is 5. The lowest BCUT2D eigenvalue weighted by atomic mass is 9.99. The van der Waals surface area contributed by atoms with Crippen LogP contribution >= 0.6 is 0 Å². The van der Waals surface area contributed by atoms with Gasteiger partial charge in [-0.1, -0.05) is 5.21 Å². The van der Waals surface area contributed by atoms with Crippen molar-refractivity contribution in [3.8, 4) is 0 Å². The van der Waals surface area contributed by atoms with Crippen LogP contribution in [0.15, 0.2) is 30.7 Å². The molecule has 2 aliphatic rings. The molecule has 2 aromatic heterocycles. The summed E-state index contributed by atoms with van der Waals surface area (Å²) in [5.41, 5.74) is 2.16. The molecule has 1 amide bonds. The number of piperidine rings is 1. The van der Waals surface area contributed by atoms with Crippen molar-refractivity contribution in [2.75, 3.05) is 13.1 Å². The van der Waals surface area contributed by atoms with Crippen LogP contribution in [0.1, 0.15) is 30.1 Å². The second-order valence-corrected chi connectivity index (χ2v) is 6.07. The standard InChI is InChI=1S/C16H19N5O2/c22-16(2-1-12-3-6-17-7-4-12)20-8-5-14-15(10-20)23-11-13-9-18-19-21(13)14/h3-4,6-7,9,14-15H,1-2,5,8,10-11H2/t14-,15-/m0/s1. The van der Waals surface area contributed by atoms with E-state index in [1.807, 2.05) is 21.7 Å². The average Bonchev–Trinajstić information content (AvgIpc) is 3.09. The van der Waals surface area contributed by atoms with Crippen molar-refractivity contribution in [2.45, 2.75) is 38.0 Å². The summed E-state index contributed by atoms with van der Waals surface area (Å²) in [6, 6.07) is 4.11. The summed E-state index contributed by atoms with van der Waals surface area (Å²) in [5.74, 6) is 0.188. The summed E-state index contributed by atoms with van der Waals surface area (Å²) in [5, 5.41) is 8.12. The molecule has 0 aromatic carbocycles. The summed E-state index contributed by atoms with van der Waals surface area (Å²) in [6.07, 6.45) is 7.43. The summed E-state index contributed by atoms with van der Waals surface area (Å²) >= 11 is 0. The summed E-state index contributed by atoms with van der Waals surface area (Å²) < 4.78 is 7.87. The Morgan fingerprint density at radius 3 is 3.09 bits per heavy atom.